The monoisotopic (exact) mass is 427 g/mol. The van der Waals surface area contributed by atoms with Crippen LogP contribution in [-0.2, 0) is 22.9 Å². The summed E-state index contributed by atoms with van der Waals surface area (Å²) in [7, 11) is -3.73. The van der Waals surface area contributed by atoms with Crippen molar-refractivity contribution in [1.82, 2.24) is 4.98 Å². The van der Waals surface area contributed by atoms with Crippen LogP contribution in [0.1, 0.15) is 38.5 Å². The number of carbonyl (C=O) groups is 1. The van der Waals surface area contributed by atoms with Crippen molar-refractivity contribution >= 4 is 38.1 Å². The van der Waals surface area contributed by atoms with E-state index in [2.05, 4.69) is 15.0 Å². The highest BCUT2D eigenvalue weighted by Crippen LogP contribution is 2.30. The average molecular weight is 428 g/mol. The predicted octanol–water partition coefficient (Wildman–Crippen LogP) is 4.30. The molecule has 0 fully saturated rings. The molecule has 1 aliphatic rings. The third-order valence-electron chi connectivity index (χ3n) is 5.00. The molecule has 0 aliphatic heterocycles. The molecule has 1 amide bonds. The molecule has 4 rings (SSSR count). The van der Waals surface area contributed by atoms with Gasteiger partial charge >= 0.3 is 0 Å². The molecule has 2 aromatic carbocycles. The summed E-state index contributed by atoms with van der Waals surface area (Å²) in [5, 5.41) is 3.39. The van der Waals surface area contributed by atoms with Crippen LogP contribution < -0.4 is 10.0 Å². The average Bonchev–Trinajstić information content (AvgIpc) is 3.26. The van der Waals surface area contributed by atoms with E-state index in [-0.39, 0.29) is 10.8 Å². The molecular weight excluding hydrogens is 406 g/mol. The highest BCUT2D eigenvalue weighted by molar-refractivity contribution is 7.92. The molecule has 3 aromatic rings. The molecule has 0 spiro atoms. The topological polar surface area (TPSA) is 88.2 Å². The highest BCUT2D eigenvalue weighted by Gasteiger charge is 2.19. The first-order valence-electron chi connectivity index (χ1n) is 9.32. The lowest BCUT2D eigenvalue weighted by Crippen LogP contribution is -2.15. The second-order valence-corrected chi connectivity index (χ2v) is 9.89. The van der Waals surface area contributed by atoms with Gasteiger partial charge in [0, 0.05) is 16.1 Å². The number of amides is 1. The van der Waals surface area contributed by atoms with E-state index in [0.29, 0.717) is 16.4 Å². The van der Waals surface area contributed by atoms with E-state index in [1.807, 2.05) is 19.9 Å². The Labute approximate surface area is 174 Å². The van der Waals surface area contributed by atoms with Gasteiger partial charge in [0.25, 0.3) is 15.9 Å². The molecule has 150 valence electrons. The summed E-state index contributed by atoms with van der Waals surface area (Å²) in [5.41, 5.74) is 4.06. The molecule has 8 heteroatoms. The fraction of sp³-hybridized carbons (Fsp3) is 0.238. The van der Waals surface area contributed by atoms with Gasteiger partial charge in [-0.25, -0.2) is 13.4 Å². The summed E-state index contributed by atoms with van der Waals surface area (Å²) < 4.78 is 27.8. The smallest absolute Gasteiger partial charge is 0.261 e. The zero-order valence-electron chi connectivity index (χ0n) is 16.2. The number of aryl methyl sites for hydroxylation is 4. The van der Waals surface area contributed by atoms with Crippen LogP contribution in [-0.4, -0.2) is 19.3 Å². The highest BCUT2D eigenvalue weighted by atomic mass is 32.2. The summed E-state index contributed by atoms with van der Waals surface area (Å²) in [6.07, 6.45) is 3.10. The van der Waals surface area contributed by atoms with Gasteiger partial charge < -0.3 is 0 Å². The van der Waals surface area contributed by atoms with Gasteiger partial charge in [-0.05, 0) is 80.6 Å². The summed E-state index contributed by atoms with van der Waals surface area (Å²) in [6, 6.07) is 11.3. The van der Waals surface area contributed by atoms with Gasteiger partial charge in [-0.3, -0.25) is 14.8 Å². The summed E-state index contributed by atoms with van der Waals surface area (Å²) in [4.78, 5) is 18.2. The quantitative estimate of drug-likeness (QED) is 0.635. The van der Waals surface area contributed by atoms with E-state index in [1.54, 1.807) is 12.1 Å². The van der Waals surface area contributed by atoms with Crippen LogP contribution >= 0.6 is 11.3 Å². The van der Waals surface area contributed by atoms with Crippen molar-refractivity contribution in [2.24, 2.45) is 0 Å². The molecule has 0 unspecified atom stereocenters. The first-order chi connectivity index (χ1) is 13.8. The number of hydrogen-bond donors (Lipinski definition) is 2. The minimum Gasteiger partial charge on any atom is -0.298 e. The normalized spacial score (nSPS) is 13.2. The Bertz CT molecular complexity index is 1160. The molecule has 1 aliphatic carbocycles. The first-order valence-corrected chi connectivity index (χ1v) is 11.6. The van der Waals surface area contributed by atoms with E-state index >= 15 is 0 Å². The van der Waals surface area contributed by atoms with E-state index in [0.717, 1.165) is 36.1 Å². The molecule has 1 aromatic heterocycles. The third-order valence-corrected chi connectivity index (χ3v) is 7.47. The number of nitrogens with one attached hydrogen (secondary N) is 2. The number of hydrogen-bond acceptors (Lipinski definition) is 5. The van der Waals surface area contributed by atoms with Crippen LogP contribution in [0.25, 0.3) is 0 Å². The standard InChI is InChI=1S/C21H21N3O3S2/c1-13-6-9-16(12-14(13)2)24-29(26,27)17-10-7-15(8-11-17)20(25)23-21-22-18-4-3-5-19(18)28-21/h6-12,24H,3-5H2,1-2H3,(H,22,23,25). The Balaban J connectivity index is 1.47. The van der Waals surface area contributed by atoms with Crippen molar-refractivity contribution in [3.05, 3.63) is 69.7 Å². The molecule has 1 heterocycles. The summed E-state index contributed by atoms with van der Waals surface area (Å²) in [5.74, 6) is -0.302. The number of fused-ring (bicyclic) bond motifs is 1. The lowest BCUT2D eigenvalue weighted by Gasteiger charge is -2.10. The van der Waals surface area contributed by atoms with Crippen molar-refractivity contribution in [3.8, 4) is 0 Å². The zero-order valence-corrected chi connectivity index (χ0v) is 17.8. The third kappa shape index (κ3) is 4.18. The minimum atomic E-state index is -3.73. The summed E-state index contributed by atoms with van der Waals surface area (Å²) >= 11 is 1.51. The predicted molar refractivity (Wildman–Crippen MR) is 115 cm³/mol. The van der Waals surface area contributed by atoms with E-state index < -0.39 is 10.0 Å². The van der Waals surface area contributed by atoms with Gasteiger partial charge in [0.05, 0.1) is 10.6 Å². The largest absolute Gasteiger partial charge is 0.298 e. The Morgan fingerprint density at radius 3 is 2.48 bits per heavy atom. The van der Waals surface area contributed by atoms with E-state index in [1.165, 1.54) is 40.5 Å². The van der Waals surface area contributed by atoms with Gasteiger partial charge in [-0.15, -0.1) is 11.3 Å². The molecule has 0 saturated carbocycles. The fourth-order valence-corrected chi connectivity index (χ4v) is 5.31. The summed E-state index contributed by atoms with van der Waals surface area (Å²) in [6.45, 7) is 3.90. The van der Waals surface area contributed by atoms with Crippen LogP contribution in [0.3, 0.4) is 0 Å². The van der Waals surface area contributed by atoms with Crippen LogP contribution in [0.4, 0.5) is 10.8 Å². The van der Waals surface area contributed by atoms with Gasteiger partial charge in [0.15, 0.2) is 5.13 Å². The Morgan fingerprint density at radius 1 is 1.03 bits per heavy atom. The number of rotatable bonds is 5. The molecule has 0 saturated heterocycles. The maximum Gasteiger partial charge on any atom is 0.261 e. The molecule has 0 atom stereocenters. The van der Waals surface area contributed by atoms with E-state index in [9.17, 15) is 13.2 Å². The Morgan fingerprint density at radius 2 is 1.79 bits per heavy atom. The second-order valence-electron chi connectivity index (χ2n) is 7.13. The second kappa shape index (κ2) is 7.61. The molecule has 6 nitrogen and oxygen atoms in total. The van der Waals surface area contributed by atoms with Crippen LogP contribution in [0.5, 0.6) is 0 Å². The Kier molecular flexibility index (Phi) is 5.14. The van der Waals surface area contributed by atoms with Gasteiger partial charge in [-0.1, -0.05) is 6.07 Å². The zero-order chi connectivity index (χ0) is 20.6. The minimum absolute atomic E-state index is 0.0977. The number of sulfonamides is 1. The van der Waals surface area contributed by atoms with E-state index in [4.69, 9.17) is 0 Å². The molecular formula is C21H21N3O3S2. The molecule has 0 radical (unpaired) electrons. The first kappa shape index (κ1) is 19.6. The van der Waals surface area contributed by atoms with Crippen molar-refractivity contribution in [1.29, 1.82) is 0 Å². The molecule has 29 heavy (non-hydrogen) atoms. The fourth-order valence-electron chi connectivity index (χ4n) is 3.22. The van der Waals surface area contributed by atoms with Gasteiger partial charge in [-0.2, -0.15) is 0 Å². The van der Waals surface area contributed by atoms with Crippen molar-refractivity contribution in [3.63, 3.8) is 0 Å². The van der Waals surface area contributed by atoms with Gasteiger partial charge in [0.2, 0.25) is 0 Å². The SMILES string of the molecule is Cc1ccc(NS(=O)(=O)c2ccc(C(=O)Nc3nc4c(s3)CCC4)cc2)cc1C. The number of thiazole rings is 1. The molecule has 2 N–H and O–H groups in total. The number of anilines is 2. The van der Waals surface area contributed by atoms with Gasteiger partial charge in [0.1, 0.15) is 0 Å². The van der Waals surface area contributed by atoms with Crippen LogP contribution in [0.2, 0.25) is 0 Å². The van der Waals surface area contributed by atoms with Crippen molar-refractivity contribution < 1.29 is 13.2 Å². The Hall–Kier alpha value is -2.71. The van der Waals surface area contributed by atoms with Crippen molar-refractivity contribution in [2.45, 2.75) is 38.0 Å². The van der Waals surface area contributed by atoms with Crippen LogP contribution in [0.15, 0.2) is 47.4 Å². The lowest BCUT2D eigenvalue weighted by atomic mass is 10.1. The number of aromatic nitrogens is 1. The number of carbonyl (C=O) groups excluding carboxylic acids is 1. The number of benzene rings is 2. The lowest BCUT2D eigenvalue weighted by molar-refractivity contribution is 0.102. The molecule has 0 bridgehead atoms. The van der Waals surface area contributed by atoms with Crippen molar-refractivity contribution in [2.75, 3.05) is 10.0 Å². The van der Waals surface area contributed by atoms with Crippen LogP contribution in [0, 0.1) is 13.8 Å². The maximum atomic E-state index is 12.6. The maximum absolute atomic E-state index is 12.6. The number of nitrogens with zero attached hydrogens (tertiary/aromatic N) is 1.